The second-order valence-corrected chi connectivity index (χ2v) is 6.48. The topological polar surface area (TPSA) is 52.7 Å². The number of hydrogen-bond acceptors (Lipinski definition) is 3. The summed E-state index contributed by atoms with van der Waals surface area (Å²) in [6.07, 6.45) is 5.32. The molecule has 0 aromatic carbocycles. The van der Waals surface area contributed by atoms with Gasteiger partial charge in [0.2, 0.25) is 11.8 Å². The third-order valence-corrected chi connectivity index (χ3v) is 4.97. The van der Waals surface area contributed by atoms with E-state index < -0.39 is 0 Å². The summed E-state index contributed by atoms with van der Waals surface area (Å²) in [5.74, 6) is 0.841. The molecule has 5 heteroatoms. The van der Waals surface area contributed by atoms with Crippen LogP contribution in [0, 0.1) is 11.8 Å². The standard InChI is InChI=1S/C15H25N3O2/c19-14-9-13(10-16-14)15(20)18-7-3-12(4-8-18)11-17-5-1-2-6-17/h12-13H,1-11H2,(H,16,19). The molecule has 3 saturated heterocycles. The van der Waals surface area contributed by atoms with Crippen LogP contribution in [0.1, 0.15) is 32.1 Å². The second-order valence-electron chi connectivity index (χ2n) is 6.48. The van der Waals surface area contributed by atoms with Crippen molar-refractivity contribution in [1.29, 1.82) is 0 Å². The van der Waals surface area contributed by atoms with E-state index in [-0.39, 0.29) is 17.7 Å². The van der Waals surface area contributed by atoms with Gasteiger partial charge in [0.25, 0.3) is 0 Å². The largest absolute Gasteiger partial charge is 0.355 e. The number of rotatable bonds is 3. The van der Waals surface area contributed by atoms with Crippen molar-refractivity contribution in [2.24, 2.45) is 11.8 Å². The van der Waals surface area contributed by atoms with Crippen molar-refractivity contribution in [2.75, 3.05) is 39.3 Å². The minimum absolute atomic E-state index is 0.0206. The van der Waals surface area contributed by atoms with Crippen molar-refractivity contribution in [3.63, 3.8) is 0 Å². The zero-order valence-corrected chi connectivity index (χ0v) is 12.1. The molecule has 1 unspecified atom stereocenters. The smallest absolute Gasteiger partial charge is 0.227 e. The normalized spacial score (nSPS) is 28.9. The molecule has 0 bridgehead atoms. The van der Waals surface area contributed by atoms with Crippen molar-refractivity contribution >= 4 is 11.8 Å². The number of amides is 2. The molecule has 0 saturated carbocycles. The molecule has 3 fully saturated rings. The van der Waals surface area contributed by atoms with Crippen LogP contribution in [0.3, 0.4) is 0 Å². The van der Waals surface area contributed by atoms with Crippen LogP contribution in [0.25, 0.3) is 0 Å². The quantitative estimate of drug-likeness (QED) is 0.816. The fourth-order valence-corrected chi connectivity index (χ4v) is 3.70. The minimum atomic E-state index is -0.113. The maximum atomic E-state index is 12.3. The van der Waals surface area contributed by atoms with E-state index in [4.69, 9.17) is 0 Å². The Morgan fingerprint density at radius 3 is 2.45 bits per heavy atom. The van der Waals surface area contributed by atoms with Gasteiger partial charge in [0, 0.05) is 32.6 Å². The summed E-state index contributed by atoms with van der Waals surface area (Å²) in [7, 11) is 0. The van der Waals surface area contributed by atoms with E-state index >= 15 is 0 Å². The lowest BCUT2D eigenvalue weighted by Gasteiger charge is -2.35. The van der Waals surface area contributed by atoms with E-state index in [1.807, 2.05) is 4.90 Å². The van der Waals surface area contributed by atoms with Gasteiger partial charge < -0.3 is 15.1 Å². The average molecular weight is 279 g/mol. The minimum Gasteiger partial charge on any atom is -0.355 e. The second kappa shape index (κ2) is 6.12. The Hall–Kier alpha value is -1.10. The number of nitrogens with one attached hydrogen (secondary N) is 1. The summed E-state index contributed by atoms with van der Waals surface area (Å²) >= 11 is 0. The first-order valence-corrected chi connectivity index (χ1v) is 8.00. The van der Waals surface area contributed by atoms with Gasteiger partial charge in [-0.3, -0.25) is 9.59 Å². The first-order valence-electron chi connectivity index (χ1n) is 8.00. The molecule has 3 aliphatic heterocycles. The van der Waals surface area contributed by atoms with Crippen LogP contribution in [0.5, 0.6) is 0 Å². The van der Waals surface area contributed by atoms with Crippen LogP contribution >= 0.6 is 0 Å². The predicted molar refractivity (Wildman–Crippen MR) is 76.1 cm³/mol. The molecular weight excluding hydrogens is 254 g/mol. The van der Waals surface area contributed by atoms with Crippen LogP contribution in [-0.4, -0.2) is 60.9 Å². The van der Waals surface area contributed by atoms with Gasteiger partial charge in [-0.15, -0.1) is 0 Å². The summed E-state index contributed by atoms with van der Waals surface area (Å²) in [4.78, 5) is 28.1. The first-order chi connectivity index (χ1) is 9.72. The third kappa shape index (κ3) is 3.14. The van der Waals surface area contributed by atoms with E-state index in [2.05, 4.69) is 10.2 Å². The van der Waals surface area contributed by atoms with Gasteiger partial charge in [0.15, 0.2) is 0 Å². The molecule has 0 spiro atoms. The number of nitrogens with zero attached hydrogens (tertiary/aromatic N) is 2. The molecule has 1 atom stereocenters. The molecule has 2 amide bonds. The fraction of sp³-hybridized carbons (Fsp3) is 0.867. The number of likely N-dealkylation sites (tertiary alicyclic amines) is 2. The zero-order valence-electron chi connectivity index (χ0n) is 12.1. The van der Waals surface area contributed by atoms with Crippen LogP contribution in [0.4, 0.5) is 0 Å². The molecule has 1 N–H and O–H groups in total. The van der Waals surface area contributed by atoms with Crippen LogP contribution in [-0.2, 0) is 9.59 Å². The Bertz CT molecular complexity index is 371. The monoisotopic (exact) mass is 279 g/mol. The third-order valence-electron chi connectivity index (χ3n) is 4.97. The predicted octanol–water partition coefficient (Wildman–Crippen LogP) is 0.457. The highest BCUT2D eigenvalue weighted by Gasteiger charge is 2.33. The van der Waals surface area contributed by atoms with E-state index in [1.165, 1.54) is 32.5 Å². The van der Waals surface area contributed by atoms with Crippen molar-refractivity contribution in [3.8, 4) is 0 Å². The Kier molecular flexibility index (Phi) is 4.24. The zero-order chi connectivity index (χ0) is 13.9. The highest BCUT2D eigenvalue weighted by molar-refractivity contribution is 5.89. The molecule has 0 radical (unpaired) electrons. The van der Waals surface area contributed by atoms with Gasteiger partial charge in [-0.05, 0) is 44.7 Å². The lowest BCUT2D eigenvalue weighted by atomic mass is 9.95. The number of piperidine rings is 1. The summed E-state index contributed by atoms with van der Waals surface area (Å²) in [6, 6.07) is 0. The van der Waals surface area contributed by atoms with Crippen molar-refractivity contribution < 1.29 is 9.59 Å². The molecule has 5 nitrogen and oxygen atoms in total. The molecule has 0 aromatic heterocycles. The van der Waals surface area contributed by atoms with Crippen LogP contribution < -0.4 is 5.32 Å². The Morgan fingerprint density at radius 2 is 1.85 bits per heavy atom. The molecule has 3 rings (SSSR count). The summed E-state index contributed by atoms with van der Waals surface area (Å²) in [5, 5.41) is 2.75. The van der Waals surface area contributed by atoms with E-state index in [9.17, 15) is 9.59 Å². The van der Waals surface area contributed by atoms with Gasteiger partial charge in [0.05, 0.1) is 5.92 Å². The maximum absolute atomic E-state index is 12.3. The SMILES string of the molecule is O=C1CC(C(=O)N2CCC(CN3CCCC3)CC2)CN1. The number of carbonyl (C=O) groups excluding carboxylic acids is 2. The van der Waals surface area contributed by atoms with E-state index in [0.29, 0.717) is 13.0 Å². The van der Waals surface area contributed by atoms with Crippen LogP contribution in [0.15, 0.2) is 0 Å². The Labute approximate surface area is 120 Å². The van der Waals surface area contributed by atoms with Gasteiger partial charge in [-0.2, -0.15) is 0 Å². The summed E-state index contributed by atoms with van der Waals surface area (Å²) in [5.41, 5.74) is 0. The molecular formula is C15H25N3O2. The van der Waals surface area contributed by atoms with Gasteiger partial charge in [-0.25, -0.2) is 0 Å². The highest BCUT2D eigenvalue weighted by Crippen LogP contribution is 2.23. The Morgan fingerprint density at radius 1 is 1.15 bits per heavy atom. The summed E-state index contributed by atoms with van der Waals surface area (Å²) in [6.45, 7) is 6.02. The van der Waals surface area contributed by atoms with E-state index in [0.717, 1.165) is 31.8 Å². The first kappa shape index (κ1) is 13.9. The number of carbonyl (C=O) groups is 2. The molecule has 20 heavy (non-hydrogen) atoms. The molecule has 3 aliphatic rings. The molecule has 112 valence electrons. The average Bonchev–Trinajstić information content (AvgIpc) is 3.10. The fourth-order valence-electron chi connectivity index (χ4n) is 3.70. The van der Waals surface area contributed by atoms with Crippen LogP contribution in [0.2, 0.25) is 0 Å². The van der Waals surface area contributed by atoms with Crippen molar-refractivity contribution in [3.05, 3.63) is 0 Å². The van der Waals surface area contributed by atoms with E-state index in [1.54, 1.807) is 0 Å². The molecule has 0 aliphatic carbocycles. The molecule has 0 aromatic rings. The Balaban J connectivity index is 1.43. The highest BCUT2D eigenvalue weighted by atomic mass is 16.2. The van der Waals surface area contributed by atoms with Gasteiger partial charge >= 0.3 is 0 Å². The van der Waals surface area contributed by atoms with Crippen molar-refractivity contribution in [1.82, 2.24) is 15.1 Å². The lowest BCUT2D eigenvalue weighted by Crippen LogP contribution is -2.44. The van der Waals surface area contributed by atoms with Gasteiger partial charge in [0.1, 0.15) is 0 Å². The molecule has 3 heterocycles. The maximum Gasteiger partial charge on any atom is 0.227 e. The number of hydrogen-bond donors (Lipinski definition) is 1. The van der Waals surface area contributed by atoms with Crippen molar-refractivity contribution in [2.45, 2.75) is 32.1 Å². The van der Waals surface area contributed by atoms with Gasteiger partial charge in [-0.1, -0.05) is 0 Å². The lowest BCUT2D eigenvalue weighted by molar-refractivity contribution is -0.137. The summed E-state index contributed by atoms with van der Waals surface area (Å²) < 4.78 is 0.